The third-order valence-electron chi connectivity index (χ3n) is 4.58. The van der Waals surface area contributed by atoms with Gasteiger partial charge in [-0.15, -0.1) is 5.10 Å². The van der Waals surface area contributed by atoms with E-state index in [1.807, 2.05) is 0 Å². The van der Waals surface area contributed by atoms with Gasteiger partial charge in [-0.1, -0.05) is 0 Å². The zero-order valence-corrected chi connectivity index (χ0v) is 15.7. The number of imidazole rings is 1. The van der Waals surface area contributed by atoms with Crippen LogP contribution in [0.1, 0.15) is 16.3 Å². The highest BCUT2D eigenvalue weighted by molar-refractivity contribution is 6.07. The summed E-state index contributed by atoms with van der Waals surface area (Å²) >= 11 is 0. The van der Waals surface area contributed by atoms with Gasteiger partial charge in [-0.25, -0.2) is 22.9 Å². The number of aromatic nitrogens is 5. The summed E-state index contributed by atoms with van der Waals surface area (Å²) in [5, 5.41) is 14.5. The Morgan fingerprint density at radius 2 is 1.94 bits per heavy atom. The van der Waals surface area contributed by atoms with Crippen LogP contribution in [0.3, 0.4) is 0 Å². The van der Waals surface area contributed by atoms with Crippen LogP contribution in [-0.4, -0.2) is 48.9 Å². The van der Waals surface area contributed by atoms with Crippen LogP contribution >= 0.6 is 0 Å². The van der Waals surface area contributed by atoms with Crippen LogP contribution in [-0.2, 0) is 17.4 Å². The molecule has 0 bridgehead atoms. The van der Waals surface area contributed by atoms with Crippen LogP contribution in [0.5, 0.6) is 0 Å². The molecule has 4 rings (SSSR count). The summed E-state index contributed by atoms with van der Waals surface area (Å²) in [5.41, 5.74) is -2.17. The zero-order chi connectivity index (χ0) is 22.3. The highest BCUT2D eigenvalue weighted by Crippen LogP contribution is 2.23. The van der Waals surface area contributed by atoms with E-state index in [-0.39, 0.29) is 23.8 Å². The van der Waals surface area contributed by atoms with E-state index in [9.17, 15) is 27.6 Å². The standard InChI is InChI=1S/C17H13F3N8O3/c1-27-3-2-21-14(27)17(15(30)24-16(31)25-17)7-22-13(29)11-6-23-28(26-11)8-4-9(18)12(20)10(19)5-8/h2-6H,7H2,1H3,(H,22,29)(H2,24,25,30,31)/t17-/m1/s1. The van der Waals surface area contributed by atoms with Crippen molar-refractivity contribution in [2.24, 2.45) is 7.05 Å². The van der Waals surface area contributed by atoms with E-state index in [0.29, 0.717) is 12.1 Å². The molecule has 11 nitrogen and oxygen atoms in total. The van der Waals surface area contributed by atoms with Gasteiger partial charge in [0.1, 0.15) is 5.82 Å². The Bertz CT molecular complexity index is 1200. The lowest BCUT2D eigenvalue weighted by Gasteiger charge is -2.25. The smallest absolute Gasteiger partial charge is 0.322 e. The molecule has 1 atom stereocenters. The Balaban J connectivity index is 1.56. The highest BCUT2D eigenvalue weighted by atomic mass is 19.2. The number of nitrogens with one attached hydrogen (secondary N) is 3. The second-order valence-electron chi connectivity index (χ2n) is 6.60. The van der Waals surface area contributed by atoms with E-state index >= 15 is 0 Å². The minimum absolute atomic E-state index is 0.178. The summed E-state index contributed by atoms with van der Waals surface area (Å²) in [5.74, 6) is -5.87. The first-order valence-electron chi connectivity index (χ1n) is 8.68. The number of nitrogens with zero attached hydrogens (tertiary/aromatic N) is 5. The first-order valence-corrected chi connectivity index (χ1v) is 8.68. The molecule has 1 fully saturated rings. The summed E-state index contributed by atoms with van der Waals surface area (Å²) in [4.78, 5) is 41.5. The van der Waals surface area contributed by atoms with Crippen molar-refractivity contribution in [1.82, 2.24) is 40.5 Å². The van der Waals surface area contributed by atoms with E-state index in [1.54, 1.807) is 13.2 Å². The molecule has 0 spiro atoms. The topological polar surface area (TPSA) is 136 Å². The Hall–Kier alpha value is -4.23. The lowest BCUT2D eigenvalue weighted by Crippen LogP contribution is -2.54. The van der Waals surface area contributed by atoms with Gasteiger partial charge in [-0.3, -0.25) is 14.9 Å². The summed E-state index contributed by atoms with van der Waals surface area (Å²) in [6, 6.07) is 0.567. The number of urea groups is 1. The molecule has 4 amide bonds. The van der Waals surface area contributed by atoms with Crippen molar-refractivity contribution in [3.63, 3.8) is 0 Å². The maximum atomic E-state index is 13.4. The van der Waals surface area contributed by atoms with Gasteiger partial charge in [0, 0.05) is 31.6 Å². The molecular weight excluding hydrogens is 421 g/mol. The van der Waals surface area contributed by atoms with Gasteiger partial charge in [-0.2, -0.15) is 9.90 Å². The predicted molar refractivity (Wildman–Crippen MR) is 95.1 cm³/mol. The fraction of sp³-hybridized carbons (Fsp3) is 0.176. The quantitative estimate of drug-likeness (QED) is 0.379. The molecule has 3 N–H and O–H groups in total. The number of hydrogen-bond acceptors (Lipinski definition) is 6. The monoisotopic (exact) mass is 434 g/mol. The van der Waals surface area contributed by atoms with Crippen LogP contribution in [0.25, 0.3) is 5.69 Å². The van der Waals surface area contributed by atoms with Crippen molar-refractivity contribution in [2.45, 2.75) is 5.54 Å². The number of aryl methyl sites for hydroxylation is 1. The number of halogens is 3. The molecule has 1 aliphatic heterocycles. The van der Waals surface area contributed by atoms with Crippen LogP contribution in [0.4, 0.5) is 18.0 Å². The first kappa shape index (κ1) is 20.1. The van der Waals surface area contributed by atoms with E-state index in [1.165, 1.54) is 10.8 Å². The second kappa shape index (κ2) is 7.23. The Kier molecular flexibility index (Phi) is 4.68. The number of rotatable bonds is 5. The van der Waals surface area contributed by atoms with E-state index in [4.69, 9.17) is 0 Å². The second-order valence-corrected chi connectivity index (χ2v) is 6.60. The molecule has 14 heteroatoms. The van der Waals surface area contributed by atoms with Gasteiger partial charge < -0.3 is 15.2 Å². The lowest BCUT2D eigenvalue weighted by molar-refractivity contribution is -0.124. The molecule has 3 aromatic rings. The molecule has 0 saturated carbocycles. The molecule has 1 aliphatic rings. The number of carbonyl (C=O) groups is 3. The Morgan fingerprint density at radius 1 is 1.23 bits per heavy atom. The molecule has 160 valence electrons. The zero-order valence-electron chi connectivity index (χ0n) is 15.7. The molecule has 1 saturated heterocycles. The van der Waals surface area contributed by atoms with Gasteiger partial charge in [0.25, 0.3) is 11.8 Å². The first-order chi connectivity index (χ1) is 14.7. The fourth-order valence-electron chi connectivity index (χ4n) is 3.08. The largest absolute Gasteiger partial charge is 0.347 e. The number of amides is 4. The third-order valence-corrected chi connectivity index (χ3v) is 4.58. The normalized spacial score (nSPS) is 18.1. The molecule has 31 heavy (non-hydrogen) atoms. The number of hydrogen-bond donors (Lipinski definition) is 3. The van der Waals surface area contributed by atoms with Gasteiger partial charge >= 0.3 is 6.03 Å². The number of carbonyl (C=O) groups excluding carboxylic acids is 3. The molecule has 2 aromatic heterocycles. The molecule has 0 aliphatic carbocycles. The minimum Gasteiger partial charge on any atom is -0.347 e. The van der Waals surface area contributed by atoms with Crippen LogP contribution < -0.4 is 16.0 Å². The molecule has 0 radical (unpaired) electrons. The van der Waals surface area contributed by atoms with Crippen molar-refractivity contribution in [2.75, 3.05) is 6.54 Å². The summed E-state index contributed by atoms with van der Waals surface area (Å²) in [6.07, 6.45) is 3.99. The lowest BCUT2D eigenvalue weighted by atomic mass is 9.98. The molecule has 3 heterocycles. The minimum atomic E-state index is -1.66. The van der Waals surface area contributed by atoms with Crippen molar-refractivity contribution < 1.29 is 27.6 Å². The number of imide groups is 1. The van der Waals surface area contributed by atoms with Gasteiger partial charge in [0.15, 0.2) is 28.7 Å². The van der Waals surface area contributed by atoms with Crippen LogP contribution in [0.2, 0.25) is 0 Å². The average Bonchev–Trinajstić information content (AvgIpc) is 3.43. The van der Waals surface area contributed by atoms with E-state index in [0.717, 1.165) is 11.0 Å². The average molecular weight is 434 g/mol. The van der Waals surface area contributed by atoms with Crippen molar-refractivity contribution in [1.29, 1.82) is 0 Å². The SMILES string of the molecule is Cn1ccnc1[C@@]1(CNC(=O)c2cnn(-c3cc(F)c(F)c(F)c3)n2)NC(=O)NC1=O. The van der Waals surface area contributed by atoms with Crippen LogP contribution in [0, 0.1) is 17.5 Å². The van der Waals surface area contributed by atoms with Crippen LogP contribution in [0.15, 0.2) is 30.7 Å². The van der Waals surface area contributed by atoms with Gasteiger partial charge in [0.05, 0.1) is 18.4 Å². The third kappa shape index (κ3) is 3.37. The molecule has 1 aromatic carbocycles. The summed E-state index contributed by atoms with van der Waals surface area (Å²) < 4.78 is 41.5. The molecule has 0 unspecified atom stereocenters. The molecular formula is C17H13F3N8O3. The summed E-state index contributed by atoms with van der Waals surface area (Å²) in [6.45, 7) is -0.374. The highest BCUT2D eigenvalue weighted by Gasteiger charge is 2.50. The number of benzene rings is 1. The van der Waals surface area contributed by atoms with E-state index < -0.39 is 40.8 Å². The van der Waals surface area contributed by atoms with Gasteiger partial charge in [-0.05, 0) is 0 Å². The Labute approximate surface area is 171 Å². The van der Waals surface area contributed by atoms with Gasteiger partial charge in [0.2, 0.25) is 0 Å². The maximum absolute atomic E-state index is 13.4. The van der Waals surface area contributed by atoms with Crippen molar-refractivity contribution in [3.8, 4) is 5.69 Å². The predicted octanol–water partition coefficient (Wildman–Crippen LogP) is -0.117. The Morgan fingerprint density at radius 3 is 2.52 bits per heavy atom. The van der Waals surface area contributed by atoms with Crippen molar-refractivity contribution in [3.05, 3.63) is 59.7 Å². The van der Waals surface area contributed by atoms with Crippen molar-refractivity contribution >= 4 is 17.8 Å². The summed E-state index contributed by atoms with van der Waals surface area (Å²) in [7, 11) is 1.61. The fourth-order valence-corrected chi connectivity index (χ4v) is 3.08. The maximum Gasteiger partial charge on any atom is 0.322 e. The van der Waals surface area contributed by atoms with E-state index in [2.05, 4.69) is 31.1 Å².